The monoisotopic (exact) mass is 399 g/mol. The first-order chi connectivity index (χ1) is 13.8. The van der Waals surface area contributed by atoms with Crippen LogP contribution < -0.4 is 11.2 Å². The lowest BCUT2D eigenvalue weighted by molar-refractivity contribution is -0.146. The van der Waals surface area contributed by atoms with Gasteiger partial charge in [0.2, 0.25) is 5.88 Å². The lowest BCUT2D eigenvalue weighted by Crippen LogP contribution is -2.24. The van der Waals surface area contributed by atoms with Crippen molar-refractivity contribution in [3.8, 4) is 11.6 Å². The molecular weight excluding hydrogens is 374 g/mol. The highest BCUT2D eigenvalue weighted by molar-refractivity contribution is 5.66. The summed E-state index contributed by atoms with van der Waals surface area (Å²) in [5.74, 6) is -0.819. The number of benzene rings is 1. The molecule has 8 heteroatoms. The fraction of sp³-hybridized carbons (Fsp3) is 0.238. The number of hydrogen-bond acceptors (Lipinski definition) is 6. The summed E-state index contributed by atoms with van der Waals surface area (Å²) in [6.45, 7) is 14.4. The van der Waals surface area contributed by atoms with E-state index in [0.717, 1.165) is 10.1 Å². The number of hydrogen-bond donors (Lipinski definition) is 2. The number of carbonyl (C=O) groups excluding carboxylic acids is 1. The van der Waals surface area contributed by atoms with Crippen molar-refractivity contribution in [3.63, 3.8) is 0 Å². The number of carbonyl (C=O) groups is 1. The van der Waals surface area contributed by atoms with Crippen molar-refractivity contribution in [3.05, 3.63) is 77.9 Å². The summed E-state index contributed by atoms with van der Waals surface area (Å²) >= 11 is 0. The largest absolute Gasteiger partial charge is 0.493 e. The van der Waals surface area contributed by atoms with Crippen molar-refractivity contribution in [1.82, 2.24) is 14.6 Å². The van der Waals surface area contributed by atoms with Crippen molar-refractivity contribution < 1.29 is 19.5 Å². The highest BCUT2D eigenvalue weighted by Gasteiger charge is 2.26. The Balaban J connectivity index is 2.43. The average Bonchev–Trinajstić information content (AvgIpc) is 2.92. The second-order valence-corrected chi connectivity index (χ2v) is 6.20. The number of nitrogens with zero attached hydrogens (tertiary/aromatic N) is 2. The second-order valence-electron chi connectivity index (χ2n) is 6.20. The van der Waals surface area contributed by atoms with Crippen molar-refractivity contribution in [2.24, 2.45) is 0 Å². The number of hydroxylamine groups is 1. The highest BCUT2D eigenvalue weighted by Crippen LogP contribution is 2.29. The van der Waals surface area contributed by atoms with Gasteiger partial charge in [0.15, 0.2) is 0 Å². The third-order valence-electron chi connectivity index (χ3n) is 4.06. The Labute approximate surface area is 168 Å². The minimum Gasteiger partial charge on any atom is -0.493 e. The summed E-state index contributed by atoms with van der Waals surface area (Å²) in [6, 6.07) is 6.78. The van der Waals surface area contributed by atoms with Gasteiger partial charge in [-0.2, -0.15) is 0 Å². The SMILES string of the molecule is C=CCONC(=C)c1ccc(-n2c(O)c(C(C)OC(C)=O)n(CC=C)c2=O)cc1. The van der Waals surface area contributed by atoms with Gasteiger partial charge in [0, 0.05) is 13.5 Å². The Hall–Kier alpha value is -3.52. The van der Waals surface area contributed by atoms with E-state index in [2.05, 4.69) is 25.2 Å². The van der Waals surface area contributed by atoms with E-state index in [-0.39, 0.29) is 18.1 Å². The van der Waals surface area contributed by atoms with Crippen molar-refractivity contribution in [1.29, 1.82) is 0 Å². The molecule has 1 heterocycles. The molecule has 0 saturated carbocycles. The van der Waals surface area contributed by atoms with Crippen LogP contribution >= 0.6 is 0 Å². The Morgan fingerprint density at radius 1 is 1.28 bits per heavy atom. The van der Waals surface area contributed by atoms with Gasteiger partial charge in [-0.1, -0.05) is 30.9 Å². The van der Waals surface area contributed by atoms with Gasteiger partial charge in [0.05, 0.1) is 18.0 Å². The molecule has 154 valence electrons. The quantitative estimate of drug-likeness (QED) is 0.276. The van der Waals surface area contributed by atoms with E-state index in [9.17, 15) is 14.7 Å². The molecule has 1 aromatic carbocycles. The van der Waals surface area contributed by atoms with Gasteiger partial charge in [0.1, 0.15) is 11.8 Å². The molecule has 1 unspecified atom stereocenters. The van der Waals surface area contributed by atoms with Crippen LogP contribution in [0.1, 0.15) is 31.2 Å². The Bertz CT molecular complexity index is 969. The Kier molecular flexibility index (Phi) is 7.21. The first kappa shape index (κ1) is 21.8. The maximum Gasteiger partial charge on any atom is 0.336 e. The molecule has 1 aromatic heterocycles. The molecule has 0 fully saturated rings. The third-order valence-corrected chi connectivity index (χ3v) is 4.06. The number of nitrogens with one attached hydrogen (secondary N) is 1. The molecule has 1 atom stereocenters. The molecule has 0 spiro atoms. The van der Waals surface area contributed by atoms with Crippen molar-refractivity contribution >= 4 is 11.7 Å². The van der Waals surface area contributed by atoms with Gasteiger partial charge in [-0.25, -0.2) is 9.36 Å². The van der Waals surface area contributed by atoms with Crippen LogP contribution in [0.2, 0.25) is 0 Å². The van der Waals surface area contributed by atoms with E-state index in [4.69, 9.17) is 9.57 Å². The van der Waals surface area contributed by atoms with E-state index in [0.29, 0.717) is 18.0 Å². The number of ether oxygens (including phenoxy) is 1. The predicted octanol–water partition coefficient (Wildman–Crippen LogP) is 2.83. The van der Waals surface area contributed by atoms with Crippen molar-refractivity contribution in [2.45, 2.75) is 26.5 Å². The van der Waals surface area contributed by atoms with Crippen LogP contribution in [0.25, 0.3) is 11.4 Å². The maximum atomic E-state index is 12.9. The average molecular weight is 399 g/mol. The number of aromatic hydroxyl groups is 1. The van der Waals surface area contributed by atoms with Crippen LogP contribution in [-0.4, -0.2) is 26.8 Å². The molecular formula is C21H25N3O5. The van der Waals surface area contributed by atoms with Crippen LogP contribution in [0.5, 0.6) is 5.88 Å². The van der Waals surface area contributed by atoms with Crippen LogP contribution in [0, 0.1) is 0 Å². The smallest absolute Gasteiger partial charge is 0.336 e. The number of allylic oxidation sites excluding steroid dienone is 1. The fourth-order valence-electron chi connectivity index (χ4n) is 2.85. The van der Waals surface area contributed by atoms with Crippen LogP contribution in [0.4, 0.5) is 0 Å². The van der Waals surface area contributed by atoms with Gasteiger partial charge in [-0.05, 0) is 24.6 Å². The molecule has 29 heavy (non-hydrogen) atoms. The molecule has 0 saturated heterocycles. The van der Waals surface area contributed by atoms with Gasteiger partial charge in [-0.15, -0.1) is 13.2 Å². The summed E-state index contributed by atoms with van der Waals surface area (Å²) in [4.78, 5) is 29.4. The molecule has 2 rings (SSSR count). The van der Waals surface area contributed by atoms with Crippen molar-refractivity contribution in [2.75, 3.05) is 6.61 Å². The van der Waals surface area contributed by atoms with Crippen LogP contribution in [0.15, 0.2) is 60.9 Å². The number of rotatable bonds is 10. The second kappa shape index (κ2) is 9.61. The normalized spacial score (nSPS) is 11.5. The number of esters is 1. The van der Waals surface area contributed by atoms with Gasteiger partial charge in [-0.3, -0.25) is 19.7 Å². The zero-order valence-electron chi connectivity index (χ0n) is 16.6. The molecule has 2 aromatic rings. The van der Waals surface area contributed by atoms with Gasteiger partial charge in [0.25, 0.3) is 0 Å². The predicted molar refractivity (Wildman–Crippen MR) is 110 cm³/mol. The summed E-state index contributed by atoms with van der Waals surface area (Å²) in [6.07, 6.45) is 2.31. The van der Waals surface area contributed by atoms with E-state index in [1.165, 1.54) is 17.6 Å². The van der Waals surface area contributed by atoms with E-state index < -0.39 is 17.8 Å². The first-order valence-corrected chi connectivity index (χ1v) is 8.92. The lowest BCUT2D eigenvalue weighted by Gasteiger charge is -2.13. The molecule has 0 radical (unpaired) electrons. The zero-order chi connectivity index (χ0) is 21.6. The molecule has 0 amide bonds. The number of aromatic nitrogens is 2. The Morgan fingerprint density at radius 2 is 1.93 bits per heavy atom. The minimum absolute atomic E-state index is 0.153. The van der Waals surface area contributed by atoms with Gasteiger partial charge >= 0.3 is 11.7 Å². The topological polar surface area (TPSA) is 94.7 Å². The summed E-state index contributed by atoms with van der Waals surface area (Å²) in [7, 11) is 0. The standard InChI is InChI=1S/C21H25N3O5/c1-6-12-23-19(15(4)29-16(5)25)20(26)24(21(23)27)18-10-8-17(9-11-18)14(3)22-28-13-7-2/h6-11,15,22,26H,1-3,12-13H2,4-5H3. The van der Waals surface area contributed by atoms with Crippen LogP contribution in [0.3, 0.4) is 0 Å². The molecule has 2 N–H and O–H groups in total. The summed E-state index contributed by atoms with van der Waals surface area (Å²) in [5.41, 5.74) is 4.12. The fourth-order valence-corrected chi connectivity index (χ4v) is 2.85. The maximum absolute atomic E-state index is 12.9. The summed E-state index contributed by atoms with van der Waals surface area (Å²) < 4.78 is 7.62. The molecule has 0 aliphatic heterocycles. The molecule has 8 nitrogen and oxygen atoms in total. The van der Waals surface area contributed by atoms with Gasteiger partial charge < -0.3 is 9.84 Å². The van der Waals surface area contributed by atoms with Crippen LogP contribution in [-0.2, 0) is 20.9 Å². The van der Waals surface area contributed by atoms with E-state index >= 15 is 0 Å². The molecule has 0 aliphatic carbocycles. The zero-order valence-corrected chi connectivity index (χ0v) is 16.6. The summed E-state index contributed by atoms with van der Waals surface area (Å²) in [5, 5.41) is 10.7. The van der Waals surface area contributed by atoms with E-state index in [1.54, 1.807) is 37.3 Å². The molecule has 0 bridgehead atoms. The number of imidazole rings is 1. The molecule has 0 aliphatic rings. The Morgan fingerprint density at radius 3 is 2.48 bits per heavy atom. The highest BCUT2D eigenvalue weighted by atomic mass is 16.6. The first-order valence-electron chi connectivity index (χ1n) is 8.92. The lowest BCUT2D eigenvalue weighted by atomic mass is 10.1. The minimum atomic E-state index is -0.813. The third kappa shape index (κ3) is 4.85. The van der Waals surface area contributed by atoms with E-state index in [1.807, 2.05) is 0 Å².